The number of thioether (sulfide) groups is 1. The Balaban J connectivity index is 1.77. The number of carbonyl (C=O) groups is 1. The third-order valence-electron chi connectivity index (χ3n) is 3.51. The number of nitrogens with one attached hydrogen (secondary N) is 1. The lowest BCUT2D eigenvalue weighted by Gasteiger charge is -2.14. The van der Waals surface area contributed by atoms with Gasteiger partial charge < -0.3 is 14.9 Å². The van der Waals surface area contributed by atoms with E-state index < -0.39 is 0 Å². The Morgan fingerprint density at radius 2 is 2.15 bits per heavy atom. The standard InChI is InChI=1S/C16H18N6O3S/c1-3-4-13(15(24)17-14-9-10(2)25-19-14)26-16-18-20-21-22(16)11-5-7-12(23)8-6-11/h5-9,13,23H,3-4H2,1-2H3,(H,17,19,24)/t13-/m0/s1. The van der Waals surface area contributed by atoms with E-state index in [-0.39, 0.29) is 16.9 Å². The summed E-state index contributed by atoms with van der Waals surface area (Å²) in [5.41, 5.74) is 0.693. The molecule has 26 heavy (non-hydrogen) atoms. The Bertz CT molecular complexity index is 876. The summed E-state index contributed by atoms with van der Waals surface area (Å²) in [6.07, 6.45) is 1.47. The van der Waals surface area contributed by atoms with Crippen LogP contribution in [0.4, 0.5) is 5.82 Å². The largest absolute Gasteiger partial charge is 0.508 e. The molecule has 9 nitrogen and oxygen atoms in total. The number of rotatable bonds is 7. The van der Waals surface area contributed by atoms with Gasteiger partial charge in [-0.1, -0.05) is 30.3 Å². The van der Waals surface area contributed by atoms with Crippen molar-refractivity contribution in [3.05, 3.63) is 36.1 Å². The second-order valence-electron chi connectivity index (χ2n) is 5.60. The molecule has 1 aromatic carbocycles. The van der Waals surface area contributed by atoms with Crippen LogP contribution >= 0.6 is 11.8 Å². The van der Waals surface area contributed by atoms with Crippen LogP contribution in [0.25, 0.3) is 5.69 Å². The highest BCUT2D eigenvalue weighted by molar-refractivity contribution is 8.00. The zero-order chi connectivity index (χ0) is 18.5. The van der Waals surface area contributed by atoms with E-state index in [2.05, 4.69) is 26.0 Å². The number of anilines is 1. The fraction of sp³-hybridized carbons (Fsp3) is 0.312. The lowest BCUT2D eigenvalue weighted by Crippen LogP contribution is -2.25. The van der Waals surface area contributed by atoms with Gasteiger partial charge in [0, 0.05) is 6.07 Å². The predicted molar refractivity (Wildman–Crippen MR) is 95.2 cm³/mol. The Labute approximate surface area is 153 Å². The van der Waals surface area contributed by atoms with E-state index in [0.29, 0.717) is 28.8 Å². The maximum atomic E-state index is 12.6. The van der Waals surface area contributed by atoms with Crippen LogP contribution in [-0.4, -0.2) is 41.6 Å². The van der Waals surface area contributed by atoms with Gasteiger partial charge in [0.05, 0.1) is 10.9 Å². The van der Waals surface area contributed by atoms with Crippen molar-refractivity contribution in [3.63, 3.8) is 0 Å². The molecule has 0 spiro atoms. The van der Waals surface area contributed by atoms with E-state index in [9.17, 15) is 9.90 Å². The molecule has 10 heteroatoms. The first kappa shape index (κ1) is 17.9. The van der Waals surface area contributed by atoms with Gasteiger partial charge in [-0.2, -0.15) is 4.68 Å². The molecule has 136 valence electrons. The third-order valence-corrected chi connectivity index (χ3v) is 4.71. The van der Waals surface area contributed by atoms with Crippen molar-refractivity contribution in [1.29, 1.82) is 0 Å². The van der Waals surface area contributed by atoms with Crippen LogP contribution in [-0.2, 0) is 4.79 Å². The zero-order valence-electron chi connectivity index (χ0n) is 14.3. The Morgan fingerprint density at radius 3 is 2.81 bits per heavy atom. The van der Waals surface area contributed by atoms with Crippen molar-refractivity contribution < 1.29 is 14.4 Å². The summed E-state index contributed by atoms with van der Waals surface area (Å²) in [7, 11) is 0. The minimum atomic E-state index is -0.390. The number of carbonyl (C=O) groups excluding carboxylic acids is 1. The normalized spacial score (nSPS) is 12.1. The monoisotopic (exact) mass is 374 g/mol. The molecule has 1 amide bonds. The molecular formula is C16H18N6O3S. The summed E-state index contributed by atoms with van der Waals surface area (Å²) in [6, 6.07) is 8.15. The number of phenols is 1. The number of phenolic OH excluding ortho intramolecular Hbond substituents is 1. The number of hydrogen-bond donors (Lipinski definition) is 2. The van der Waals surface area contributed by atoms with Crippen molar-refractivity contribution in [2.45, 2.75) is 37.1 Å². The van der Waals surface area contributed by atoms with Crippen LogP contribution < -0.4 is 5.32 Å². The maximum Gasteiger partial charge on any atom is 0.239 e. The highest BCUT2D eigenvalue weighted by Crippen LogP contribution is 2.27. The molecule has 0 saturated carbocycles. The number of nitrogens with zero attached hydrogens (tertiary/aromatic N) is 5. The van der Waals surface area contributed by atoms with Crippen LogP contribution in [0.15, 0.2) is 40.0 Å². The van der Waals surface area contributed by atoms with E-state index in [1.807, 2.05) is 6.92 Å². The molecule has 0 bridgehead atoms. The van der Waals surface area contributed by atoms with Crippen molar-refractivity contribution in [1.82, 2.24) is 25.4 Å². The van der Waals surface area contributed by atoms with Gasteiger partial charge >= 0.3 is 0 Å². The molecule has 0 unspecified atom stereocenters. The smallest absolute Gasteiger partial charge is 0.239 e. The molecule has 0 saturated heterocycles. The predicted octanol–water partition coefficient (Wildman–Crippen LogP) is 2.56. The molecule has 0 aliphatic heterocycles. The summed E-state index contributed by atoms with van der Waals surface area (Å²) in [5, 5.41) is 27.7. The lowest BCUT2D eigenvalue weighted by atomic mass is 10.2. The quantitative estimate of drug-likeness (QED) is 0.606. The van der Waals surface area contributed by atoms with Crippen LogP contribution in [0.2, 0.25) is 0 Å². The fourth-order valence-electron chi connectivity index (χ4n) is 2.27. The van der Waals surface area contributed by atoms with Gasteiger partial charge in [0.25, 0.3) is 0 Å². The van der Waals surface area contributed by atoms with Crippen LogP contribution in [0.5, 0.6) is 5.75 Å². The SMILES string of the molecule is CCC[C@H](Sc1nnnn1-c1ccc(O)cc1)C(=O)Nc1cc(C)on1. The molecule has 0 aliphatic rings. The lowest BCUT2D eigenvalue weighted by molar-refractivity contribution is -0.115. The van der Waals surface area contributed by atoms with Crippen molar-refractivity contribution in [2.75, 3.05) is 5.32 Å². The summed E-state index contributed by atoms with van der Waals surface area (Å²) >= 11 is 1.27. The topological polar surface area (TPSA) is 119 Å². The van der Waals surface area contributed by atoms with Crippen LogP contribution in [0.3, 0.4) is 0 Å². The van der Waals surface area contributed by atoms with Gasteiger partial charge in [-0.3, -0.25) is 4.79 Å². The van der Waals surface area contributed by atoms with Crippen LogP contribution in [0, 0.1) is 6.92 Å². The van der Waals surface area contributed by atoms with Crippen LogP contribution in [0.1, 0.15) is 25.5 Å². The Morgan fingerprint density at radius 1 is 1.38 bits per heavy atom. The van der Waals surface area contributed by atoms with Gasteiger partial charge in [0.15, 0.2) is 5.82 Å². The molecule has 2 heterocycles. The van der Waals surface area contributed by atoms with Gasteiger partial charge in [0.2, 0.25) is 11.1 Å². The average molecular weight is 374 g/mol. The molecule has 0 fully saturated rings. The summed E-state index contributed by atoms with van der Waals surface area (Å²) in [4.78, 5) is 12.6. The van der Waals surface area contributed by atoms with Gasteiger partial charge in [-0.25, -0.2) is 0 Å². The first-order valence-corrected chi connectivity index (χ1v) is 8.93. The first-order valence-electron chi connectivity index (χ1n) is 8.05. The number of hydrogen-bond acceptors (Lipinski definition) is 8. The third kappa shape index (κ3) is 4.20. The van der Waals surface area contributed by atoms with E-state index >= 15 is 0 Å². The number of amides is 1. The highest BCUT2D eigenvalue weighted by Gasteiger charge is 2.23. The summed E-state index contributed by atoms with van der Waals surface area (Å²) in [6.45, 7) is 3.76. The molecule has 2 N–H and O–H groups in total. The Kier molecular flexibility index (Phi) is 5.52. The van der Waals surface area contributed by atoms with Crippen molar-refractivity contribution in [3.8, 4) is 11.4 Å². The van der Waals surface area contributed by atoms with E-state index in [1.54, 1.807) is 37.3 Å². The molecule has 0 aliphatic carbocycles. The summed E-state index contributed by atoms with van der Waals surface area (Å²) in [5.74, 6) is 0.969. The molecule has 0 radical (unpaired) electrons. The first-order chi connectivity index (χ1) is 12.6. The zero-order valence-corrected chi connectivity index (χ0v) is 15.1. The van der Waals surface area contributed by atoms with E-state index in [1.165, 1.54) is 16.4 Å². The number of benzene rings is 1. The Hall–Kier alpha value is -2.88. The molecule has 1 atom stereocenters. The maximum absolute atomic E-state index is 12.6. The summed E-state index contributed by atoms with van der Waals surface area (Å²) < 4.78 is 6.50. The van der Waals surface area contributed by atoms with E-state index in [4.69, 9.17) is 4.52 Å². The number of aromatic hydroxyl groups is 1. The van der Waals surface area contributed by atoms with Gasteiger partial charge in [-0.15, -0.1) is 5.10 Å². The minimum Gasteiger partial charge on any atom is -0.508 e. The molecule has 2 aromatic heterocycles. The minimum absolute atomic E-state index is 0.155. The number of aromatic nitrogens is 5. The fourth-order valence-corrected chi connectivity index (χ4v) is 3.37. The second-order valence-corrected chi connectivity index (χ2v) is 6.77. The van der Waals surface area contributed by atoms with Crippen molar-refractivity contribution in [2.24, 2.45) is 0 Å². The highest BCUT2D eigenvalue weighted by atomic mass is 32.2. The van der Waals surface area contributed by atoms with Crippen molar-refractivity contribution >= 4 is 23.5 Å². The number of aryl methyl sites for hydroxylation is 1. The second kappa shape index (κ2) is 8.00. The van der Waals surface area contributed by atoms with Gasteiger partial charge in [0.1, 0.15) is 11.5 Å². The van der Waals surface area contributed by atoms with Gasteiger partial charge in [-0.05, 0) is 48.0 Å². The molecule has 3 aromatic rings. The number of tetrazole rings is 1. The molecule has 3 rings (SSSR count). The molecular weight excluding hydrogens is 356 g/mol. The van der Waals surface area contributed by atoms with E-state index in [0.717, 1.165) is 6.42 Å². The average Bonchev–Trinajstić information content (AvgIpc) is 3.24.